The van der Waals surface area contributed by atoms with Gasteiger partial charge >= 0.3 is 5.97 Å². The third-order valence-corrected chi connectivity index (χ3v) is 6.86. The monoisotopic (exact) mass is 524 g/mol. The Kier molecular flexibility index (Phi) is 13.6. The second kappa shape index (κ2) is 16.7. The number of nitrogens with zero attached hydrogens (tertiary/aromatic N) is 1. The molecule has 2 aromatic rings. The SMILES string of the molecule is C=CCOc1ccc(CC(N)c2nc(/C=C(C)/C=C(/C)C(=O)OCC)cs2)cc1.O=CC1CCCCC1. The van der Waals surface area contributed by atoms with Crippen molar-refractivity contribution in [3.8, 4) is 5.75 Å². The molecule has 1 atom stereocenters. The number of nitrogens with two attached hydrogens (primary N) is 1. The maximum atomic E-state index is 11.7. The molecule has 1 unspecified atom stereocenters. The number of carbonyl (C=O) groups excluding carboxylic acids is 2. The smallest absolute Gasteiger partial charge is 0.333 e. The summed E-state index contributed by atoms with van der Waals surface area (Å²) in [6.07, 6.45) is 13.4. The van der Waals surface area contributed by atoms with E-state index in [0.717, 1.165) is 46.7 Å². The Morgan fingerprint density at radius 3 is 2.51 bits per heavy atom. The number of hydrogen-bond acceptors (Lipinski definition) is 7. The number of ether oxygens (including phenoxy) is 2. The van der Waals surface area contributed by atoms with Crippen LogP contribution in [0.5, 0.6) is 5.75 Å². The Morgan fingerprint density at radius 1 is 1.22 bits per heavy atom. The van der Waals surface area contributed by atoms with Gasteiger partial charge in [0.05, 0.1) is 18.3 Å². The highest BCUT2D eigenvalue weighted by Crippen LogP contribution is 2.23. The van der Waals surface area contributed by atoms with E-state index in [0.29, 0.717) is 31.1 Å². The Bertz CT molecular complexity index is 1050. The first kappa shape index (κ1) is 30.2. The Balaban J connectivity index is 0.000000510. The van der Waals surface area contributed by atoms with E-state index < -0.39 is 0 Å². The van der Waals surface area contributed by atoms with Gasteiger partial charge in [-0.1, -0.05) is 44.1 Å². The van der Waals surface area contributed by atoms with Crippen LogP contribution in [0.4, 0.5) is 0 Å². The number of thiazole rings is 1. The molecule has 1 aliphatic rings. The zero-order valence-corrected chi connectivity index (χ0v) is 23.1. The summed E-state index contributed by atoms with van der Waals surface area (Å²) in [7, 11) is 0. The normalized spacial score (nSPS) is 15.2. The van der Waals surface area contributed by atoms with Gasteiger partial charge < -0.3 is 20.0 Å². The molecule has 0 aliphatic heterocycles. The average Bonchev–Trinajstić information content (AvgIpc) is 3.37. The van der Waals surface area contributed by atoms with Gasteiger partial charge in [0.1, 0.15) is 23.7 Å². The van der Waals surface area contributed by atoms with Crippen molar-refractivity contribution in [2.75, 3.05) is 13.2 Å². The summed E-state index contributed by atoms with van der Waals surface area (Å²) in [5.74, 6) is 0.913. The Morgan fingerprint density at radius 2 is 1.92 bits per heavy atom. The van der Waals surface area contributed by atoms with E-state index in [1.165, 1.54) is 30.6 Å². The van der Waals surface area contributed by atoms with Crippen molar-refractivity contribution in [3.05, 3.63) is 75.8 Å². The van der Waals surface area contributed by atoms with Gasteiger partial charge in [-0.2, -0.15) is 0 Å². The summed E-state index contributed by atoms with van der Waals surface area (Å²) < 4.78 is 10.5. The zero-order chi connectivity index (χ0) is 27.0. The number of rotatable bonds is 11. The van der Waals surface area contributed by atoms with Crippen LogP contribution >= 0.6 is 11.3 Å². The molecule has 0 amide bonds. The van der Waals surface area contributed by atoms with Gasteiger partial charge in [-0.25, -0.2) is 9.78 Å². The molecule has 7 heteroatoms. The first-order valence-corrected chi connectivity index (χ1v) is 13.8. The minimum atomic E-state index is -0.304. The predicted octanol–water partition coefficient (Wildman–Crippen LogP) is 6.63. The van der Waals surface area contributed by atoms with Gasteiger partial charge in [0, 0.05) is 16.9 Å². The van der Waals surface area contributed by atoms with Crippen LogP contribution < -0.4 is 10.5 Å². The van der Waals surface area contributed by atoms with E-state index in [2.05, 4.69) is 11.6 Å². The summed E-state index contributed by atoms with van der Waals surface area (Å²) in [6, 6.07) is 7.71. The van der Waals surface area contributed by atoms with E-state index in [1.54, 1.807) is 26.0 Å². The van der Waals surface area contributed by atoms with Crippen LogP contribution in [0.3, 0.4) is 0 Å². The first-order valence-electron chi connectivity index (χ1n) is 12.9. The quantitative estimate of drug-likeness (QED) is 0.117. The lowest BCUT2D eigenvalue weighted by Gasteiger charge is -2.14. The van der Waals surface area contributed by atoms with E-state index in [-0.39, 0.29) is 12.0 Å². The molecule has 200 valence electrons. The summed E-state index contributed by atoms with van der Waals surface area (Å²) in [5.41, 5.74) is 9.80. The van der Waals surface area contributed by atoms with Crippen LogP contribution in [-0.2, 0) is 20.7 Å². The molecule has 6 nitrogen and oxygen atoms in total. The van der Waals surface area contributed by atoms with Crippen LogP contribution in [-0.4, -0.2) is 30.5 Å². The van der Waals surface area contributed by atoms with Gasteiger partial charge in [0.2, 0.25) is 0 Å². The van der Waals surface area contributed by atoms with E-state index in [1.807, 2.05) is 42.6 Å². The molecule has 1 heterocycles. The van der Waals surface area contributed by atoms with Crippen molar-refractivity contribution in [1.82, 2.24) is 4.98 Å². The molecule has 0 spiro atoms. The van der Waals surface area contributed by atoms with Crippen molar-refractivity contribution < 1.29 is 19.1 Å². The fourth-order valence-corrected chi connectivity index (χ4v) is 4.72. The average molecular weight is 525 g/mol. The molecule has 0 bridgehead atoms. The highest BCUT2D eigenvalue weighted by molar-refractivity contribution is 7.09. The van der Waals surface area contributed by atoms with Gasteiger partial charge in [-0.15, -0.1) is 11.3 Å². The molecule has 3 rings (SSSR count). The number of aldehydes is 1. The van der Waals surface area contributed by atoms with Crippen molar-refractivity contribution in [2.45, 2.75) is 65.3 Å². The molecule has 37 heavy (non-hydrogen) atoms. The molecule has 1 aromatic carbocycles. The van der Waals surface area contributed by atoms with Gasteiger partial charge in [0.25, 0.3) is 0 Å². The zero-order valence-electron chi connectivity index (χ0n) is 22.3. The van der Waals surface area contributed by atoms with Crippen LogP contribution in [0.25, 0.3) is 6.08 Å². The largest absolute Gasteiger partial charge is 0.490 e. The van der Waals surface area contributed by atoms with Crippen LogP contribution in [0, 0.1) is 5.92 Å². The number of benzene rings is 1. The third-order valence-electron chi connectivity index (χ3n) is 5.86. The lowest BCUT2D eigenvalue weighted by molar-refractivity contribution is -0.138. The summed E-state index contributed by atoms with van der Waals surface area (Å²) >= 11 is 1.54. The van der Waals surface area contributed by atoms with Crippen LogP contribution in [0.1, 0.15) is 75.2 Å². The van der Waals surface area contributed by atoms with Crippen molar-refractivity contribution in [1.29, 1.82) is 0 Å². The van der Waals surface area contributed by atoms with Crippen LogP contribution in [0.2, 0.25) is 0 Å². The molecule has 2 N–H and O–H groups in total. The lowest BCUT2D eigenvalue weighted by Crippen LogP contribution is -2.13. The standard InChI is InChI=1S/C23H28N2O3S.C7H12O/c1-5-11-28-20-9-7-18(8-10-20)14-21(24)22-25-19(15-29-22)13-16(3)12-17(4)23(26)27-6-2;8-6-7-4-2-1-3-5-7/h5,7-10,12-13,15,21H,1,6,11,14,24H2,2-4H3;6-7H,1-5H2/b16-13+,17-12-;. The summed E-state index contributed by atoms with van der Waals surface area (Å²) in [4.78, 5) is 26.5. The lowest BCUT2D eigenvalue weighted by atomic mass is 9.91. The van der Waals surface area contributed by atoms with E-state index >= 15 is 0 Å². The van der Waals surface area contributed by atoms with Crippen molar-refractivity contribution in [3.63, 3.8) is 0 Å². The fourth-order valence-electron chi connectivity index (χ4n) is 3.95. The summed E-state index contributed by atoms with van der Waals surface area (Å²) in [5, 5.41) is 2.85. The van der Waals surface area contributed by atoms with Crippen LogP contribution in [0.15, 0.2) is 59.5 Å². The second-order valence-electron chi connectivity index (χ2n) is 9.14. The first-order chi connectivity index (χ1) is 17.9. The maximum Gasteiger partial charge on any atom is 0.333 e. The molecule has 1 saturated carbocycles. The maximum absolute atomic E-state index is 11.7. The minimum absolute atomic E-state index is 0.181. The van der Waals surface area contributed by atoms with Crippen molar-refractivity contribution >= 4 is 29.7 Å². The molecule has 0 radical (unpaired) electrons. The Labute approximate surface area is 225 Å². The molecule has 1 aliphatic carbocycles. The topological polar surface area (TPSA) is 91.5 Å². The summed E-state index contributed by atoms with van der Waals surface area (Å²) in [6.45, 7) is 9.95. The molecular weight excluding hydrogens is 484 g/mol. The van der Waals surface area contributed by atoms with Gasteiger partial charge in [-0.05, 0) is 75.5 Å². The van der Waals surface area contributed by atoms with Crippen molar-refractivity contribution in [2.24, 2.45) is 11.7 Å². The van der Waals surface area contributed by atoms with Gasteiger partial charge in [-0.3, -0.25) is 0 Å². The number of hydrogen-bond donors (Lipinski definition) is 1. The molecule has 0 saturated heterocycles. The molecular formula is C30H40N2O4S. The molecule has 1 fully saturated rings. The minimum Gasteiger partial charge on any atom is -0.490 e. The highest BCUT2D eigenvalue weighted by Gasteiger charge is 2.12. The number of esters is 1. The van der Waals surface area contributed by atoms with E-state index in [9.17, 15) is 9.59 Å². The predicted molar refractivity (Wildman–Crippen MR) is 152 cm³/mol. The Hall–Kier alpha value is -3.03. The molecule has 1 aromatic heterocycles. The highest BCUT2D eigenvalue weighted by atomic mass is 32.1. The third kappa shape index (κ3) is 11.3. The number of carbonyl (C=O) groups is 2. The number of allylic oxidation sites excluding steroid dienone is 2. The second-order valence-corrected chi connectivity index (χ2v) is 10.0. The van der Waals surface area contributed by atoms with E-state index in [4.69, 9.17) is 15.2 Å². The van der Waals surface area contributed by atoms with Gasteiger partial charge in [0.15, 0.2) is 0 Å². The fraction of sp³-hybridized carbons (Fsp3) is 0.433. The number of aromatic nitrogens is 1.